The molecule has 12 heteroatoms. The van der Waals surface area contributed by atoms with Crippen molar-refractivity contribution in [3.63, 3.8) is 0 Å². The van der Waals surface area contributed by atoms with E-state index in [4.69, 9.17) is 18.0 Å². The third kappa shape index (κ3) is 4.11. The minimum atomic E-state index is -0.0886. The number of para-hydroxylation sites is 1. The fourth-order valence-corrected chi connectivity index (χ4v) is 5.47. The van der Waals surface area contributed by atoms with E-state index in [-0.39, 0.29) is 5.91 Å². The van der Waals surface area contributed by atoms with Gasteiger partial charge in [0.2, 0.25) is 0 Å². The van der Waals surface area contributed by atoms with Gasteiger partial charge in [0.05, 0.1) is 10.4 Å². The van der Waals surface area contributed by atoms with Crippen LogP contribution in [0, 0.1) is 0 Å². The summed E-state index contributed by atoms with van der Waals surface area (Å²) in [7, 11) is 0. The summed E-state index contributed by atoms with van der Waals surface area (Å²) < 4.78 is 0.553. The Kier molecular flexibility index (Phi) is 5.64. The number of hydrogen-bond acceptors (Lipinski definition) is 10. The first-order valence-electron chi connectivity index (χ1n) is 9.67. The van der Waals surface area contributed by atoms with Crippen molar-refractivity contribution in [1.29, 1.82) is 0 Å². The van der Waals surface area contributed by atoms with Gasteiger partial charge in [-0.05, 0) is 30.7 Å². The van der Waals surface area contributed by atoms with Crippen molar-refractivity contribution in [3.05, 3.63) is 51.3 Å². The number of aromatic amines is 1. The van der Waals surface area contributed by atoms with Crippen LogP contribution in [0.25, 0.3) is 28.4 Å². The number of rotatable bonds is 6. The highest BCUT2D eigenvalue weighted by Gasteiger charge is 2.31. The van der Waals surface area contributed by atoms with Gasteiger partial charge in [-0.2, -0.15) is 5.21 Å². The number of nitrogens with one attached hydrogen (secondary N) is 1. The number of nitrogens with two attached hydrogens (primary N) is 1. The first-order chi connectivity index (χ1) is 15.6. The molecule has 4 heterocycles. The fraction of sp³-hybridized carbons (Fsp3) is 0.150. The predicted octanol–water partition coefficient (Wildman–Crippen LogP) is 3.29. The molecule has 5 rings (SSSR count). The molecular weight excluding hydrogens is 464 g/mol. The Morgan fingerprint density at radius 1 is 1.25 bits per heavy atom. The van der Waals surface area contributed by atoms with Gasteiger partial charge in [0, 0.05) is 34.2 Å². The number of aryl methyl sites for hydroxylation is 1. The lowest BCUT2D eigenvalue weighted by molar-refractivity contribution is -0.122. The van der Waals surface area contributed by atoms with Gasteiger partial charge in [0.25, 0.3) is 5.91 Å². The molecule has 1 aliphatic heterocycles. The number of tetrazole rings is 1. The number of carbonyl (C=O) groups excluding carboxylic acids is 1. The Hall–Kier alpha value is -3.22. The number of thioether (sulfide) groups is 1. The minimum absolute atomic E-state index is 0.0886. The van der Waals surface area contributed by atoms with Crippen LogP contribution in [0.5, 0.6) is 0 Å². The number of thiocarbonyl (C=S) groups is 1. The molecule has 9 nitrogen and oxygen atoms in total. The zero-order valence-corrected chi connectivity index (χ0v) is 19.0. The number of hydrogen-bond donors (Lipinski definition) is 2. The molecule has 3 N–H and O–H groups in total. The quantitative estimate of drug-likeness (QED) is 0.316. The number of fused-ring (bicyclic) bond motifs is 1. The van der Waals surface area contributed by atoms with E-state index < -0.39 is 0 Å². The van der Waals surface area contributed by atoms with E-state index in [0.717, 1.165) is 21.3 Å². The molecule has 32 heavy (non-hydrogen) atoms. The van der Waals surface area contributed by atoms with Crippen molar-refractivity contribution in [1.82, 2.24) is 35.5 Å². The highest BCUT2D eigenvalue weighted by molar-refractivity contribution is 8.26. The average Bonchev–Trinajstić information content (AvgIpc) is 3.52. The molecule has 1 aliphatic rings. The summed E-state index contributed by atoms with van der Waals surface area (Å²) in [4.78, 5) is 25.0. The van der Waals surface area contributed by atoms with E-state index in [2.05, 4.69) is 30.6 Å². The molecule has 0 saturated carbocycles. The largest absolute Gasteiger partial charge is 0.383 e. The standard InChI is InChI=1S/C20H16N8OS3/c21-17-13-4-1-2-5-14(13)22-18(23-17)11-8-12(31-10-11)9-15-19(29)28(20(30)32-15)7-3-6-16-24-26-27-25-16/h1-2,4-5,8-10H,3,6-7H2,(H2,21,22,23)(H,24,25,26,27)/b15-9-. The summed E-state index contributed by atoms with van der Waals surface area (Å²) in [5.74, 6) is 1.54. The molecule has 0 spiro atoms. The summed E-state index contributed by atoms with van der Waals surface area (Å²) in [6.45, 7) is 0.510. The van der Waals surface area contributed by atoms with E-state index in [9.17, 15) is 4.79 Å². The van der Waals surface area contributed by atoms with Crippen LogP contribution in [0.4, 0.5) is 5.82 Å². The molecule has 160 valence electrons. The van der Waals surface area contributed by atoms with Crippen molar-refractivity contribution < 1.29 is 4.79 Å². The van der Waals surface area contributed by atoms with Crippen LogP contribution in [0.15, 0.2) is 40.6 Å². The predicted molar refractivity (Wildman–Crippen MR) is 130 cm³/mol. The maximum Gasteiger partial charge on any atom is 0.266 e. The minimum Gasteiger partial charge on any atom is -0.383 e. The molecular formula is C20H16N8OS3. The van der Waals surface area contributed by atoms with Gasteiger partial charge in [-0.25, -0.2) is 9.97 Å². The summed E-state index contributed by atoms with van der Waals surface area (Å²) in [6.07, 6.45) is 3.18. The number of nitrogens with zero attached hydrogens (tertiary/aromatic N) is 6. The summed E-state index contributed by atoms with van der Waals surface area (Å²) in [6, 6.07) is 9.59. The van der Waals surface area contributed by atoms with Gasteiger partial charge < -0.3 is 5.73 Å². The van der Waals surface area contributed by atoms with Crippen LogP contribution in [0.1, 0.15) is 17.1 Å². The molecule has 0 radical (unpaired) electrons. The number of anilines is 1. The Labute approximate surface area is 196 Å². The van der Waals surface area contributed by atoms with Crippen LogP contribution in [-0.2, 0) is 11.2 Å². The summed E-state index contributed by atoms with van der Waals surface area (Å²) >= 11 is 8.23. The number of amides is 1. The fourth-order valence-electron chi connectivity index (χ4n) is 3.28. The van der Waals surface area contributed by atoms with Gasteiger partial charge in [0.1, 0.15) is 10.1 Å². The van der Waals surface area contributed by atoms with E-state index in [1.807, 2.05) is 41.8 Å². The zero-order valence-electron chi connectivity index (χ0n) is 16.6. The van der Waals surface area contributed by atoms with E-state index in [1.54, 1.807) is 4.90 Å². The Morgan fingerprint density at radius 2 is 2.12 bits per heavy atom. The molecule has 0 unspecified atom stereocenters. The van der Waals surface area contributed by atoms with Crippen molar-refractivity contribution in [2.24, 2.45) is 0 Å². The van der Waals surface area contributed by atoms with Gasteiger partial charge in [-0.1, -0.05) is 41.3 Å². The second-order valence-electron chi connectivity index (χ2n) is 6.95. The van der Waals surface area contributed by atoms with Crippen molar-refractivity contribution in [3.8, 4) is 11.4 Å². The zero-order chi connectivity index (χ0) is 22.1. The van der Waals surface area contributed by atoms with Gasteiger partial charge >= 0.3 is 0 Å². The van der Waals surface area contributed by atoms with Gasteiger partial charge in [0.15, 0.2) is 11.6 Å². The monoisotopic (exact) mass is 480 g/mol. The van der Waals surface area contributed by atoms with Gasteiger partial charge in [-0.15, -0.1) is 21.5 Å². The van der Waals surface area contributed by atoms with E-state index in [0.29, 0.717) is 46.1 Å². The number of aromatic nitrogens is 6. The molecule has 0 aliphatic carbocycles. The highest BCUT2D eigenvalue weighted by Crippen LogP contribution is 2.35. The van der Waals surface area contributed by atoms with Gasteiger partial charge in [-0.3, -0.25) is 9.69 Å². The maximum atomic E-state index is 12.8. The molecule has 1 amide bonds. The lowest BCUT2D eigenvalue weighted by atomic mass is 10.2. The number of benzene rings is 1. The Morgan fingerprint density at radius 3 is 2.97 bits per heavy atom. The van der Waals surface area contributed by atoms with E-state index in [1.165, 1.54) is 23.1 Å². The first kappa shape index (κ1) is 20.7. The molecule has 1 aromatic carbocycles. The third-order valence-electron chi connectivity index (χ3n) is 4.83. The molecule has 4 aromatic rings. The Balaban J connectivity index is 1.32. The number of carbonyl (C=O) groups is 1. The van der Waals surface area contributed by atoms with Crippen LogP contribution < -0.4 is 5.73 Å². The van der Waals surface area contributed by atoms with Crippen molar-refractivity contribution in [2.75, 3.05) is 12.3 Å². The normalized spacial score (nSPS) is 15.4. The number of H-pyrrole nitrogens is 1. The molecule has 0 atom stereocenters. The summed E-state index contributed by atoms with van der Waals surface area (Å²) in [5.41, 5.74) is 7.76. The number of nitrogen functional groups attached to an aromatic ring is 1. The van der Waals surface area contributed by atoms with Crippen LogP contribution in [0.3, 0.4) is 0 Å². The molecule has 3 aromatic heterocycles. The van der Waals surface area contributed by atoms with Crippen molar-refractivity contribution in [2.45, 2.75) is 12.8 Å². The van der Waals surface area contributed by atoms with Crippen LogP contribution >= 0.6 is 35.3 Å². The lowest BCUT2D eigenvalue weighted by Gasteiger charge is -2.13. The second-order valence-corrected chi connectivity index (χ2v) is 9.57. The van der Waals surface area contributed by atoms with Crippen LogP contribution in [0.2, 0.25) is 0 Å². The SMILES string of the molecule is Nc1nc(-c2csc(/C=C3\SC(=S)N(CCCc4nn[nH]n4)C3=O)c2)nc2ccccc12. The highest BCUT2D eigenvalue weighted by atomic mass is 32.2. The first-order valence-corrected chi connectivity index (χ1v) is 11.8. The second kappa shape index (κ2) is 8.73. The maximum absolute atomic E-state index is 12.8. The smallest absolute Gasteiger partial charge is 0.266 e. The molecule has 0 bridgehead atoms. The molecule has 1 fully saturated rings. The average molecular weight is 481 g/mol. The Bertz CT molecular complexity index is 1350. The third-order valence-corrected chi connectivity index (χ3v) is 7.09. The topological polar surface area (TPSA) is 127 Å². The van der Waals surface area contributed by atoms with Crippen LogP contribution in [-0.4, -0.2) is 52.3 Å². The van der Waals surface area contributed by atoms with Crippen molar-refractivity contribution >= 4 is 68.3 Å². The van der Waals surface area contributed by atoms with E-state index >= 15 is 0 Å². The summed E-state index contributed by atoms with van der Waals surface area (Å²) in [5, 5.41) is 16.6. The lowest BCUT2D eigenvalue weighted by Crippen LogP contribution is -2.29. The molecule has 1 saturated heterocycles. The number of thiophene rings is 1.